The van der Waals surface area contributed by atoms with Gasteiger partial charge in [0.05, 0.1) is 6.54 Å². The first-order valence-corrected chi connectivity index (χ1v) is 5.63. The Morgan fingerprint density at radius 1 is 1.56 bits per heavy atom. The van der Waals surface area contributed by atoms with Crippen molar-refractivity contribution in [2.75, 3.05) is 18.5 Å². The molecule has 0 saturated carbocycles. The maximum absolute atomic E-state index is 10.3. The summed E-state index contributed by atoms with van der Waals surface area (Å²) < 4.78 is 5.78. The van der Waals surface area contributed by atoms with Gasteiger partial charge in [-0.05, 0) is 17.5 Å². The van der Waals surface area contributed by atoms with Crippen LogP contribution in [-0.2, 0) is 4.74 Å². The molecular formula is C10H11N3O2S. The van der Waals surface area contributed by atoms with Crippen LogP contribution in [0.2, 0.25) is 0 Å². The van der Waals surface area contributed by atoms with Crippen molar-refractivity contribution in [3.63, 3.8) is 0 Å². The van der Waals surface area contributed by atoms with E-state index in [-0.39, 0.29) is 6.61 Å². The van der Waals surface area contributed by atoms with Crippen molar-refractivity contribution >= 4 is 33.3 Å². The lowest BCUT2D eigenvalue weighted by atomic mass is 10.3. The fourth-order valence-electron chi connectivity index (χ4n) is 1.36. The number of thiophene rings is 1. The predicted molar refractivity (Wildman–Crippen MR) is 63.6 cm³/mol. The van der Waals surface area contributed by atoms with Gasteiger partial charge in [0.1, 0.15) is 12.4 Å². The van der Waals surface area contributed by atoms with E-state index in [0.717, 1.165) is 11.2 Å². The fourth-order valence-corrected chi connectivity index (χ4v) is 2.14. The average Bonchev–Trinajstić information content (AvgIpc) is 2.72. The smallest absolute Gasteiger partial charge is 0.404 e. The number of nitrogens with two attached hydrogens (primary N) is 1. The van der Waals surface area contributed by atoms with Crippen molar-refractivity contribution < 1.29 is 9.53 Å². The van der Waals surface area contributed by atoms with Gasteiger partial charge in [0.25, 0.3) is 0 Å². The zero-order valence-corrected chi connectivity index (χ0v) is 9.29. The molecule has 2 rings (SSSR count). The predicted octanol–water partition coefficient (Wildman–Crippen LogP) is 1.80. The molecule has 5 nitrogen and oxygen atoms in total. The number of anilines is 1. The minimum atomic E-state index is -0.761. The summed E-state index contributed by atoms with van der Waals surface area (Å²) in [6.07, 6.45) is 0.985. The molecule has 0 atom stereocenters. The summed E-state index contributed by atoms with van der Waals surface area (Å²) >= 11 is 1.66. The number of carbonyl (C=O) groups is 1. The number of nitrogens with one attached hydrogen (secondary N) is 1. The number of fused-ring (bicyclic) bond motifs is 1. The maximum Gasteiger partial charge on any atom is 0.404 e. The van der Waals surface area contributed by atoms with Gasteiger partial charge in [0.15, 0.2) is 0 Å². The molecule has 84 valence electrons. The molecule has 16 heavy (non-hydrogen) atoms. The lowest BCUT2D eigenvalue weighted by molar-refractivity contribution is 0.161. The molecule has 0 bridgehead atoms. The summed E-state index contributed by atoms with van der Waals surface area (Å²) in [5, 5.41) is 6.18. The second kappa shape index (κ2) is 4.80. The molecule has 6 heteroatoms. The van der Waals surface area contributed by atoms with Crippen molar-refractivity contribution in [3.05, 3.63) is 23.7 Å². The molecule has 0 spiro atoms. The molecule has 0 aliphatic carbocycles. The van der Waals surface area contributed by atoms with E-state index < -0.39 is 6.09 Å². The highest BCUT2D eigenvalue weighted by Crippen LogP contribution is 2.25. The number of primary amides is 1. The zero-order valence-electron chi connectivity index (χ0n) is 8.47. The lowest BCUT2D eigenvalue weighted by Gasteiger charge is -2.06. The Labute approximate surface area is 96.2 Å². The standard InChI is InChI=1S/C10H11N3O2S/c11-10(14)15-5-4-13-9-7-2-6-16-8(7)1-3-12-9/h1-3,6H,4-5H2,(H2,11,14)(H,12,13). The normalized spacial score (nSPS) is 10.2. The Bertz CT molecular complexity index is 498. The average molecular weight is 237 g/mol. The summed E-state index contributed by atoms with van der Waals surface area (Å²) in [5.74, 6) is 0.798. The summed E-state index contributed by atoms with van der Waals surface area (Å²) in [7, 11) is 0. The fraction of sp³-hybridized carbons (Fsp3) is 0.200. The van der Waals surface area contributed by atoms with E-state index in [2.05, 4.69) is 15.0 Å². The summed E-state index contributed by atoms with van der Waals surface area (Å²) in [6, 6.07) is 3.97. The van der Waals surface area contributed by atoms with Crippen LogP contribution in [0.15, 0.2) is 23.7 Å². The van der Waals surface area contributed by atoms with Crippen LogP contribution in [-0.4, -0.2) is 24.2 Å². The van der Waals surface area contributed by atoms with Gasteiger partial charge < -0.3 is 15.8 Å². The number of aromatic nitrogens is 1. The number of nitrogens with zero attached hydrogens (tertiary/aromatic N) is 1. The van der Waals surface area contributed by atoms with Gasteiger partial charge >= 0.3 is 6.09 Å². The van der Waals surface area contributed by atoms with Crippen molar-refractivity contribution in [2.24, 2.45) is 5.73 Å². The highest BCUT2D eigenvalue weighted by atomic mass is 32.1. The van der Waals surface area contributed by atoms with E-state index >= 15 is 0 Å². The Morgan fingerprint density at radius 2 is 2.44 bits per heavy atom. The van der Waals surface area contributed by atoms with Gasteiger partial charge in [-0.1, -0.05) is 0 Å². The van der Waals surface area contributed by atoms with Gasteiger partial charge in [-0.2, -0.15) is 0 Å². The van der Waals surface area contributed by atoms with Crippen molar-refractivity contribution in [1.82, 2.24) is 4.98 Å². The topological polar surface area (TPSA) is 77.2 Å². The van der Waals surface area contributed by atoms with Crippen molar-refractivity contribution in [3.8, 4) is 0 Å². The Morgan fingerprint density at radius 3 is 3.25 bits per heavy atom. The molecule has 0 aromatic carbocycles. The SMILES string of the molecule is NC(=O)OCCNc1nccc2sccc12. The van der Waals surface area contributed by atoms with Gasteiger partial charge in [-0.15, -0.1) is 11.3 Å². The molecule has 1 amide bonds. The Kier molecular flexibility index (Phi) is 3.21. The van der Waals surface area contributed by atoms with E-state index in [0.29, 0.717) is 6.54 Å². The third-order valence-electron chi connectivity index (χ3n) is 2.02. The number of ether oxygens (including phenoxy) is 1. The van der Waals surface area contributed by atoms with Crippen LogP contribution < -0.4 is 11.1 Å². The van der Waals surface area contributed by atoms with Crippen molar-refractivity contribution in [1.29, 1.82) is 0 Å². The third-order valence-corrected chi connectivity index (χ3v) is 2.90. The maximum atomic E-state index is 10.3. The third kappa shape index (κ3) is 2.40. The van der Waals surface area contributed by atoms with E-state index in [1.165, 1.54) is 4.70 Å². The van der Waals surface area contributed by atoms with Gasteiger partial charge in [0, 0.05) is 16.3 Å². The minimum Gasteiger partial charge on any atom is -0.448 e. The number of hydrogen-bond donors (Lipinski definition) is 2. The molecule has 2 aromatic heterocycles. The Hall–Kier alpha value is -1.82. The van der Waals surface area contributed by atoms with E-state index in [4.69, 9.17) is 5.73 Å². The number of pyridine rings is 1. The Balaban J connectivity index is 1.98. The monoisotopic (exact) mass is 237 g/mol. The van der Waals surface area contributed by atoms with Crippen LogP contribution in [0.25, 0.3) is 10.1 Å². The molecule has 0 unspecified atom stereocenters. The first-order chi connectivity index (χ1) is 7.77. The molecule has 0 aliphatic rings. The van der Waals surface area contributed by atoms with Crippen LogP contribution in [0.1, 0.15) is 0 Å². The summed E-state index contributed by atoms with van der Waals surface area (Å²) in [5.41, 5.74) is 4.84. The largest absolute Gasteiger partial charge is 0.448 e. The molecule has 0 radical (unpaired) electrons. The summed E-state index contributed by atoms with van der Waals surface area (Å²) in [6.45, 7) is 0.725. The van der Waals surface area contributed by atoms with E-state index in [9.17, 15) is 4.79 Å². The van der Waals surface area contributed by atoms with Gasteiger partial charge in [-0.25, -0.2) is 9.78 Å². The number of hydrogen-bond acceptors (Lipinski definition) is 5. The van der Waals surface area contributed by atoms with Crippen LogP contribution in [0.5, 0.6) is 0 Å². The minimum absolute atomic E-state index is 0.234. The quantitative estimate of drug-likeness (QED) is 0.795. The van der Waals surface area contributed by atoms with Crippen LogP contribution in [0.3, 0.4) is 0 Å². The number of amides is 1. The number of rotatable bonds is 4. The van der Waals surface area contributed by atoms with Crippen molar-refractivity contribution in [2.45, 2.75) is 0 Å². The van der Waals surface area contributed by atoms with Crippen LogP contribution in [0.4, 0.5) is 10.6 Å². The van der Waals surface area contributed by atoms with Crippen LogP contribution >= 0.6 is 11.3 Å². The highest BCUT2D eigenvalue weighted by molar-refractivity contribution is 7.17. The number of carbonyl (C=O) groups excluding carboxylic acids is 1. The van der Waals surface area contributed by atoms with Crippen LogP contribution in [0, 0.1) is 0 Å². The van der Waals surface area contributed by atoms with E-state index in [1.807, 2.05) is 17.5 Å². The second-order valence-electron chi connectivity index (χ2n) is 3.09. The first kappa shape index (κ1) is 10.7. The second-order valence-corrected chi connectivity index (χ2v) is 4.03. The zero-order chi connectivity index (χ0) is 11.4. The molecule has 0 saturated heterocycles. The van der Waals surface area contributed by atoms with Gasteiger partial charge in [-0.3, -0.25) is 0 Å². The molecule has 2 aromatic rings. The molecule has 3 N–H and O–H groups in total. The summed E-state index contributed by atoms with van der Waals surface area (Å²) in [4.78, 5) is 14.6. The molecular weight excluding hydrogens is 226 g/mol. The molecule has 0 fully saturated rings. The molecule has 2 heterocycles. The van der Waals surface area contributed by atoms with E-state index in [1.54, 1.807) is 17.5 Å². The molecule has 0 aliphatic heterocycles. The van der Waals surface area contributed by atoms with Gasteiger partial charge in [0.2, 0.25) is 0 Å². The highest BCUT2D eigenvalue weighted by Gasteiger charge is 2.02. The lowest BCUT2D eigenvalue weighted by Crippen LogP contribution is -2.18. The first-order valence-electron chi connectivity index (χ1n) is 4.75.